The fourth-order valence-corrected chi connectivity index (χ4v) is 3.35. The second-order valence-corrected chi connectivity index (χ2v) is 7.68. The van der Waals surface area contributed by atoms with E-state index >= 15 is 0 Å². The number of fused-ring (bicyclic) bond motifs is 1. The maximum atomic E-state index is 12.7. The van der Waals surface area contributed by atoms with Crippen LogP contribution in [0.3, 0.4) is 0 Å². The molecule has 3 rings (SSSR count). The number of amides is 1. The standard InChI is InChI=1S/C21H24ClNO4/c1-13(26-16-7-5-6-14(22)10-16)20(24)23-18-12-21(2,3)27-19-11-15(25-4)8-9-17(18)19/h5-11,13,18H,12H2,1-4H3,(H,23,24)/t13-,18-/m1/s1. The molecule has 1 heterocycles. The van der Waals surface area contributed by atoms with E-state index in [9.17, 15) is 4.79 Å². The molecule has 0 bridgehead atoms. The van der Waals surface area contributed by atoms with Crippen LogP contribution >= 0.6 is 11.6 Å². The smallest absolute Gasteiger partial charge is 0.261 e. The first-order valence-electron chi connectivity index (χ1n) is 8.87. The van der Waals surface area contributed by atoms with E-state index in [1.54, 1.807) is 38.3 Å². The molecule has 0 spiro atoms. The predicted octanol–water partition coefficient (Wildman–Crippen LogP) is 4.53. The number of nitrogens with one attached hydrogen (secondary N) is 1. The van der Waals surface area contributed by atoms with Crippen LogP contribution in [0.15, 0.2) is 42.5 Å². The molecule has 0 saturated carbocycles. The highest BCUT2D eigenvalue weighted by atomic mass is 35.5. The normalized spacial score (nSPS) is 18.6. The van der Waals surface area contributed by atoms with Gasteiger partial charge in [0.1, 0.15) is 22.8 Å². The number of methoxy groups -OCH3 is 1. The van der Waals surface area contributed by atoms with E-state index in [1.165, 1.54) is 0 Å². The Balaban J connectivity index is 1.75. The van der Waals surface area contributed by atoms with Crippen molar-refractivity contribution >= 4 is 17.5 Å². The summed E-state index contributed by atoms with van der Waals surface area (Å²) in [6, 6.07) is 12.5. The van der Waals surface area contributed by atoms with E-state index in [-0.39, 0.29) is 11.9 Å². The minimum atomic E-state index is -0.656. The first kappa shape index (κ1) is 19.4. The van der Waals surface area contributed by atoms with Crippen LogP contribution in [-0.2, 0) is 4.79 Å². The zero-order valence-corrected chi connectivity index (χ0v) is 16.7. The van der Waals surface area contributed by atoms with Crippen LogP contribution in [0.4, 0.5) is 0 Å². The average Bonchev–Trinajstić information content (AvgIpc) is 2.60. The highest BCUT2D eigenvalue weighted by molar-refractivity contribution is 6.30. The third-order valence-electron chi connectivity index (χ3n) is 4.47. The van der Waals surface area contributed by atoms with Crippen molar-refractivity contribution in [2.75, 3.05) is 7.11 Å². The maximum Gasteiger partial charge on any atom is 0.261 e. The first-order valence-corrected chi connectivity index (χ1v) is 9.25. The number of benzene rings is 2. The summed E-state index contributed by atoms with van der Waals surface area (Å²) in [5.74, 6) is 1.80. The second kappa shape index (κ2) is 7.69. The molecule has 0 unspecified atom stereocenters. The van der Waals surface area contributed by atoms with Crippen LogP contribution in [0.1, 0.15) is 38.8 Å². The van der Waals surface area contributed by atoms with Crippen LogP contribution in [0.2, 0.25) is 5.02 Å². The molecular formula is C21H24ClNO4. The molecule has 6 heteroatoms. The summed E-state index contributed by atoms with van der Waals surface area (Å²) in [7, 11) is 1.61. The number of halogens is 1. The summed E-state index contributed by atoms with van der Waals surface area (Å²) in [4.78, 5) is 12.7. The maximum absolute atomic E-state index is 12.7. The van der Waals surface area contributed by atoms with E-state index < -0.39 is 11.7 Å². The lowest BCUT2D eigenvalue weighted by Crippen LogP contribution is -2.44. The Hall–Kier alpha value is -2.40. The van der Waals surface area contributed by atoms with Gasteiger partial charge in [-0.15, -0.1) is 0 Å². The zero-order valence-electron chi connectivity index (χ0n) is 15.9. The van der Waals surface area contributed by atoms with Crippen molar-refractivity contribution in [1.82, 2.24) is 5.32 Å². The highest BCUT2D eigenvalue weighted by Gasteiger charge is 2.35. The van der Waals surface area contributed by atoms with Gasteiger partial charge in [0.05, 0.1) is 13.2 Å². The van der Waals surface area contributed by atoms with E-state index in [0.717, 1.165) is 11.3 Å². The average molecular weight is 390 g/mol. The van der Waals surface area contributed by atoms with Crippen molar-refractivity contribution in [3.8, 4) is 17.2 Å². The van der Waals surface area contributed by atoms with E-state index in [1.807, 2.05) is 32.0 Å². The molecule has 144 valence electrons. The van der Waals surface area contributed by atoms with Gasteiger partial charge >= 0.3 is 0 Å². The molecule has 1 aliphatic rings. The van der Waals surface area contributed by atoms with Gasteiger partial charge in [0.15, 0.2) is 6.10 Å². The van der Waals surface area contributed by atoms with Gasteiger partial charge in [0, 0.05) is 23.1 Å². The molecule has 0 radical (unpaired) electrons. The van der Waals surface area contributed by atoms with Crippen LogP contribution in [0.25, 0.3) is 0 Å². The van der Waals surface area contributed by atoms with Gasteiger partial charge in [-0.3, -0.25) is 4.79 Å². The minimum absolute atomic E-state index is 0.174. The van der Waals surface area contributed by atoms with Crippen LogP contribution in [0.5, 0.6) is 17.2 Å². The van der Waals surface area contributed by atoms with Crippen LogP contribution < -0.4 is 19.5 Å². The largest absolute Gasteiger partial charge is 0.497 e. The minimum Gasteiger partial charge on any atom is -0.497 e. The summed E-state index contributed by atoms with van der Waals surface area (Å²) < 4.78 is 17.1. The van der Waals surface area contributed by atoms with Gasteiger partial charge < -0.3 is 19.5 Å². The van der Waals surface area contributed by atoms with E-state index in [0.29, 0.717) is 22.9 Å². The number of rotatable bonds is 5. The van der Waals surface area contributed by atoms with Gasteiger partial charge in [-0.2, -0.15) is 0 Å². The molecule has 0 saturated heterocycles. The number of ether oxygens (including phenoxy) is 3. The van der Waals surface area contributed by atoms with Crippen molar-refractivity contribution in [1.29, 1.82) is 0 Å². The van der Waals surface area contributed by atoms with Crippen molar-refractivity contribution in [3.05, 3.63) is 53.1 Å². The third-order valence-corrected chi connectivity index (χ3v) is 4.71. The molecule has 1 N–H and O–H groups in total. The molecule has 2 aromatic rings. The Morgan fingerprint density at radius 1 is 1.26 bits per heavy atom. The molecule has 5 nitrogen and oxygen atoms in total. The van der Waals surface area contributed by atoms with Crippen LogP contribution in [-0.4, -0.2) is 24.7 Å². The Morgan fingerprint density at radius 2 is 2.04 bits per heavy atom. The van der Waals surface area contributed by atoms with E-state index in [2.05, 4.69) is 5.32 Å². The lowest BCUT2D eigenvalue weighted by molar-refractivity contribution is -0.128. The monoisotopic (exact) mass is 389 g/mol. The number of carbonyl (C=O) groups is 1. The van der Waals surface area contributed by atoms with Crippen molar-refractivity contribution in [2.24, 2.45) is 0 Å². The van der Waals surface area contributed by atoms with Gasteiger partial charge in [-0.05, 0) is 51.1 Å². The molecule has 0 aromatic heterocycles. The quantitative estimate of drug-likeness (QED) is 0.815. The summed E-state index contributed by atoms with van der Waals surface area (Å²) >= 11 is 5.97. The Labute approximate surface area is 164 Å². The topological polar surface area (TPSA) is 56.8 Å². The fourth-order valence-electron chi connectivity index (χ4n) is 3.17. The lowest BCUT2D eigenvalue weighted by atomic mass is 9.89. The number of carbonyl (C=O) groups excluding carboxylic acids is 1. The molecule has 0 aliphatic carbocycles. The molecule has 2 atom stereocenters. The molecule has 1 aliphatic heterocycles. The third kappa shape index (κ3) is 4.66. The van der Waals surface area contributed by atoms with Crippen molar-refractivity contribution in [3.63, 3.8) is 0 Å². The second-order valence-electron chi connectivity index (χ2n) is 7.25. The Kier molecular flexibility index (Phi) is 5.51. The summed E-state index contributed by atoms with van der Waals surface area (Å²) in [6.45, 7) is 5.72. The van der Waals surface area contributed by atoms with Gasteiger partial charge in [0.25, 0.3) is 5.91 Å². The Morgan fingerprint density at radius 3 is 2.74 bits per heavy atom. The first-order chi connectivity index (χ1) is 12.8. The van der Waals surface area contributed by atoms with Gasteiger partial charge in [-0.25, -0.2) is 0 Å². The zero-order chi connectivity index (χ0) is 19.6. The number of hydrogen-bond donors (Lipinski definition) is 1. The summed E-state index contributed by atoms with van der Waals surface area (Å²) in [6.07, 6.45) is -0.00165. The highest BCUT2D eigenvalue weighted by Crippen LogP contribution is 2.41. The van der Waals surface area contributed by atoms with Crippen molar-refractivity contribution in [2.45, 2.75) is 44.9 Å². The Bertz CT molecular complexity index is 837. The molecule has 27 heavy (non-hydrogen) atoms. The fraction of sp³-hybridized carbons (Fsp3) is 0.381. The van der Waals surface area contributed by atoms with E-state index in [4.69, 9.17) is 25.8 Å². The van der Waals surface area contributed by atoms with Crippen molar-refractivity contribution < 1.29 is 19.0 Å². The predicted molar refractivity (Wildman–Crippen MR) is 105 cm³/mol. The van der Waals surface area contributed by atoms with Gasteiger partial charge in [0.2, 0.25) is 0 Å². The van der Waals surface area contributed by atoms with Crippen LogP contribution in [0, 0.1) is 0 Å². The number of hydrogen-bond acceptors (Lipinski definition) is 4. The SMILES string of the molecule is COc1ccc2c(c1)OC(C)(C)C[C@H]2NC(=O)[C@@H](C)Oc1cccc(Cl)c1. The molecule has 0 fully saturated rings. The lowest BCUT2D eigenvalue weighted by Gasteiger charge is -2.38. The molecule has 1 amide bonds. The van der Waals surface area contributed by atoms with Gasteiger partial charge in [-0.1, -0.05) is 17.7 Å². The summed E-state index contributed by atoms with van der Waals surface area (Å²) in [5.41, 5.74) is 0.521. The molecular weight excluding hydrogens is 366 g/mol. The summed E-state index contributed by atoms with van der Waals surface area (Å²) in [5, 5.41) is 3.65. The molecule has 2 aromatic carbocycles.